The average molecular weight is 411 g/mol. The van der Waals surface area contributed by atoms with Gasteiger partial charge in [0, 0.05) is 12.3 Å². The van der Waals surface area contributed by atoms with Crippen LogP contribution in [-0.2, 0) is 6.54 Å². The Morgan fingerprint density at radius 3 is 2.35 bits per heavy atom. The van der Waals surface area contributed by atoms with E-state index in [1.807, 2.05) is 42.5 Å². The molecule has 0 saturated carbocycles. The molecule has 4 aromatic rings. The van der Waals surface area contributed by atoms with Gasteiger partial charge in [-0.25, -0.2) is 9.78 Å². The van der Waals surface area contributed by atoms with Gasteiger partial charge in [-0.15, -0.1) is 0 Å². The van der Waals surface area contributed by atoms with E-state index >= 15 is 0 Å². The summed E-state index contributed by atoms with van der Waals surface area (Å²) in [5.41, 5.74) is 4.07. The van der Waals surface area contributed by atoms with Crippen molar-refractivity contribution in [2.24, 2.45) is 0 Å². The van der Waals surface area contributed by atoms with E-state index in [1.54, 1.807) is 19.1 Å². The fourth-order valence-electron chi connectivity index (χ4n) is 3.40. The summed E-state index contributed by atoms with van der Waals surface area (Å²) in [5, 5.41) is 21.0. The molecule has 4 rings (SSSR count). The number of pyridine rings is 1. The highest BCUT2D eigenvalue weighted by atomic mass is 16.4. The quantitative estimate of drug-likeness (QED) is 0.338. The van der Waals surface area contributed by atoms with Crippen molar-refractivity contribution in [1.29, 1.82) is 5.41 Å². The van der Waals surface area contributed by atoms with Gasteiger partial charge >= 0.3 is 5.97 Å². The SMILES string of the molecule is CC(=N)c1c(C(=O)O)cc(-c2ccco2)nc1NCc1ccc(-c2ccccc2)cc1. The van der Waals surface area contributed by atoms with Gasteiger partial charge < -0.3 is 20.2 Å². The van der Waals surface area contributed by atoms with Gasteiger partial charge in [-0.2, -0.15) is 0 Å². The lowest BCUT2D eigenvalue weighted by Crippen LogP contribution is -2.14. The number of carboxylic acids is 1. The Kier molecular flexibility index (Phi) is 5.62. The van der Waals surface area contributed by atoms with Crippen molar-refractivity contribution in [3.05, 3.63) is 95.7 Å². The van der Waals surface area contributed by atoms with Crippen LogP contribution < -0.4 is 5.32 Å². The number of carboxylic acid groups (broad SMARTS) is 1. The number of aromatic carboxylic acids is 1. The summed E-state index contributed by atoms with van der Waals surface area (Å²) >= 11 is 0. The molecule has 0 saturated heterocycles. The van der Waals surface area contributed by atoms with Crippen LogP contribution in [0.25, 0.3) is 22.6 Å². The molecule has 0 unspecified atom stereocenters. The Labute approximate surface area is 179 Å². The van der Waals surface area contributed by atoms with Crippen LogP contribution in [0.15, 0.2) is 83.5 Å². The van der Waals surface area contributed by atoms with Crippen LogP contribution in [0.5, 0.6) is 0 Å². The lowest BCUT2D eigenvalue weighted by atomic mass is 10.0. The minimum absolute atomic E-state index is 0.0100. The Hall–Kier alpha value is -4.19. The average Bonchev–Trinajstić information content (AvgIpc) is 3.33. The number of benzene rings is 2. The molecule has 6 heteroatoms. The number of nitrogens with one attached hydrogen (secondary N) is 2. The molecule has 0 radical (unpaired) electrons. The number of hydrogen-bond donors (Lipinski definition) is 3. The maximum Gasteiger partial charge on any atom is 0.336 e. The van der Waals surface area contributed by atoms with Crippen LogP contribution in [0.1, 0.15) is 28.4 Å². The van der Waals surface area contributed by atoms with Gasteiger partial charge in [-0.1, -0.05) is 54.6 Å². The van der Waals surface area contributed by atoms with E-state index in [9.17, 15) is 9.90 Å². The molecule has 2 heterocycles. The Bertz CT molecular complexity index is 1220. The monoisotopic (exact) mass is 411 g/mol. The second-order valence-corrected chi connectivity index (χ2v) is 7.10. The van der Waals surface area contributed by atoms with Crippen molar-refractivity contribution >= 4 is 17.5 Å². The molecule has 0 bridgehead atoms. The van der Waals surface area contributed by atoms with Crippen LogP contribution in [-0.4, -0.2) is 21.8 Å². The highest BCUT2D eigenvalue weighted by Gasteiger charge is 2.20. The normalized spacial score (nSPS) is 10.6. The molecule has 6 nitrogen and oxygen atoms in total. The zero-order chi connectivity index (χ0) is 21.8. The van der Waals surface area contributed by atoms with Gasteiger partial charge in [0.2, 0.25) is 0 Å². The van der Waals surface area contributed by atoms with E-state index < -0.39 is 5.97 Å². The van der Waals surface area contributed by atoms with E-state index in [0.29, 0.717) is 23.8 Å². The second-order valence-electron chi connectivity index (χ2n) is 7.10. The topological polar surface area (TPSA) is 99.2 Å². The largest absolute Gasteiger partial charge is 0.478 e. The number of nitrogens with zero attached hydrogens (tertiary/aromatic N) is 1. The maximum atomic E-state index is 11.9. The van der Waals surface area contributed by atoms with Crippen molar-refractivity contribution < 1.29 is 14.3 Å². The third kappa shape index (κ3) is 4.38. The van der Waals surface area contributed by atoms with Crippen LogP contribution >= 0.6 is 0 Å². The molecule has 0 fully saturated rings. The molecule has 2 aromatic heterocycles. The van der Waals surface area contributed by atoms with E-state index in [-0.39, 0.29) is 16.8 Å². The first-order chi connectivity index (χ1) is 15.0. The van der Waals surface area contributed by atoms with Crippen molar-refractivity contribution in [1.82, 2.24) is 4.98 Å². The van der Waals surface area contributed by atoms with Crippen molar-refractivity contribution in [2.45, 2.75) is 13.5 Å². The van der Waals surface area contributed by atoms with Crippen LogP contribution in [0.3, 0.4) is 0 Å². The highest BCUT2D eigenvalue weighted by molar-refractivity contribution is 6.09. The van der Waals surface area contributed by atoms with Crippen LogP contribution in [0.4, 0.5) is 5.82 Å². The summed E-state index contributed by atoms with van der Waals surface area (Å²) in [7, 11) is 0. The molecule has 0 atom stereocenters. The summed E-state index contributed by atoms with van der Waals surface area (Å²) in [6.07, 6.45) is 1.51. The van der Waals surface area contributed by atoms with E-state index in [4.69, 9.17) is 9.83 Å². The first-order valence-corrected chi connectivity index (χ1v) is 9.79. The predicted octanol–water partition coefficient (Wildman–Crippen LogP) is 5.71. The second kappa shape index (κ2) is 8.67. The molecule has 154 valence electrons. The minimum Gasteiger partial charge on any atom is -0.478 e. The van der Waals surface area contributed by atoms with Gasteiger partial charge in [0.25, 0.3) is 0 Å². The molecular weight excluding hydrogens is 390 g/mol. The molecule has 0 aliphatic heterocycles. The summed E-state index contributed by atoms with van der Waals surface area (Å²) in [6.45, 7) is 1.98. The predicted molar refractivity (Wildman–Crippen MR) is 121 cm³/mol. The number of furan rings is 1. The minimum atomic E-state index is -1.12. The molecule has 0 aliphatic carbocycles. The third-order valence-electron chi connectivity index (χ3n) is 4.92. The van der Waals surface area contributed by atoms with Gasteiger partial charge in [0.15, 0.2) is 5.76 Å². The number of rotatable bonds is 7. The fraction of sp³-hybridized carbons (Fsp3) is 0.0800. The van der Waals surface area contributed by atoms with Crippen molar-refractivity contribution in [3.8, 4) is 22.6 Å². The lowest BCUT2D eigenvalue weighted by Gasteiger charge is -2.15. The van der Waals surface area contributed by atoms with Crippen molar-refractivity contribution in [2.75, 3.05) is 5.32 Å². The summed E-state index contributed by atoms with van der Waals surface area (Å²) in [6, 6.07) is 23.1. The number of carbonyl (C=O) groups is 1. The molecule has 0 spiro atoms. The highest BCUT2D eigenvalue weighted by Crippen LogP contribution is 2.27. The van der Waals surface area contributed by atoms with Gasteiger partial charge in [0.05, 0.1) is 17.4 Å². The Morgan fingerprint density at radius 2 is 1.74 bits per heavy atom. The number of anilines is 1. The summed E-state index contributed by atoms with van der Waals surface area (Å²) in [4.78, 5) is 16.4. The van der Waals surface area contributed by atoms with Crippen molar-refractivity contribution in [3.63, 3.8) is 0 Å². The summed E-state index contributed by atoms with van der Waals surface area (Å²) < 4.78 is 5.39. The third-order valence-corrected chi connectivity index (χ3v) is 4.92. The maximum absolute atomic E-state index is 11.9. The number of hydrogen-bond acceptors (Lipinski definition) is 5. The van der Waals surface area contributed by atoms with Gasteiger partial charge in [-0.05, 0) is 41.8 Å². The molecule has 3 N–H and O–H groups in total. The Balaban J connectivity index is 1.64. The van der Waals surface area contributed by atoms with Crippen LogP contribution in [0, 0.1) is 5.41 Å². The van der Waals surface area contributed by atoms with E-state index in [2.05, 4.69) is 22.4 Å². The molecular formula is C25H21N3O3. The van der Waals surface area contributed by atoms with Crippen LogP contribution in [0.2, 0.25) is 0 Å². The van der Waals surface area contributed by atoms with Gasteiger partial charge in [-0.3, -0.25) is 0 Å². The summed E-state index contributed by atoms with van der Waals surface area (Å²) in [5.74, 6) is -0.315. The standard InChI is InChI=1S/C25H21N3O3/c1-16(26)23-20(25(29)30)14-21(22-8-5-13-31-22)28-24(23)27-15-17-9-11-19(12-10-17)18-6-3-2-4-7-18/h2-14,26H,15H2,1H3,(H,27,28)(H,29,30). The first-order valence-electron chi connectivity index (χ1n) is 9.79. The zero-order valence-corrected chi connectivity index (χ0v) is 16.9. The Morgan fingerprint density at radius 1 is 1.03 bits per heavy atom. The number of aromatic nitrogens is 1. The lowest BCUT2D eigenvalue weighted by molar-refractivity contribution is 0.0696. The molecule has 0 aliphatic rings. The smallest absolute Gasteiger partial charge is 0.336 e. The molecule has 0 amide bonds. The van der Waals surface area contributed by atoms with E-state index in [1.165, 1.54) is 12.3 Å². The zero-order valence-electron chi connectivity index (χ0n) is 16.9. The van der Waals surface area contributed by atoms with E-state index in [0.717, 1.165) is 16.7 Å². The molecule has 2 aromatic carbocycles. The fourth-order valence-corrected chi connectivity index (χ4v) is 3.40. The van der Waals surface area contributed by atoms with Gasteiger partial charge in [0.1, 0.15) is 11.5 Å². The first kappa shape index (κ1) is 20.1. The molecule has 31 heavy (non-hydrogen) atoms.